The van der Waals surface area contributed by atoms with Crippen LogP contribution in [-0.4, -0.2) is 195 Å². The summed E-state index contributed by atoms with van der Waals surface area (Å²) in [5, 5.41) is 64.8. The summed E-state index contributed by atoms with van der Waals surface area (Å²) >= 11 is 0. The molecule has 0 bridgehead atoms. The first-order valence-electron chi connectivity index (χ1n) is 29.9. The van der Waals surface area contributed by atoms with E-state index in [4.69, 9.17) is 0 Å². The number of unbranched alkanes of at least 4 members (excludes halogenated alkanes) is 4. The lowest BCUT2D eigenvalue weighted by Gasteiger charge is -2.33. The normalized spacial score (nSPS) is 27.3. The van der Waals surface area contributed by atoms with E-state index in [1.807, 2.05) is 13.8 Å². The van der Waals surface area contributed by atoms with E-state index in [1.165, 1.54) is 29.2 Å². The highest BCUT2D eigenvalue weighted by Gasteiger charge is 2.43. The van der Waals surface area contributed by atoms with Crippen molar-refractivity contribution in [2.24, 2.45) is 17.8 Å². The molecule has 0 aliphatic carbocycles. The Morgan fingerprint density at radius 3 is 1.60 bits per heavy atom. The molecule has 26 nitrogen and oxygen atoms in total. The lowest BCUT2D eigenvalue weighted by Crippen LogP contribution is -2.62. The molecule has 3 aliphatic heterocycles. The Hall–Kier alpha value is -6.93. The fraction of sp³-hybridized carbons (Fsp3) is 0.707. The van der Waals surface area contributed by atoms with Gasteiger partial charge in [0, 0.05) is 32.0 Å². The smallest absolute Gasteiger partial charge is 0.248 e. The highest BCUT2D eigenvalue weighted by Crippen LogP contribution is 2.24. The number of aliphatic hydroxyl groups is 3. The summed E-state index contributed by atoms with van der Waals surface area (Å²) < 4.78 is 0. The van der Waals surface area contributed by atoms with Crippen LogP contribution in [0.25, 0.3) is 0 Å². The Morgan fingerprint density at radius 1 is 0.512 bits per heavy atom. The fourth-order valence-corrected chi connectivity index (χ4v) is 10.6. The van der Waals surface area contributed by atoms with Gasteiger partial charge in [-0.15, -0.1) is 0 Å². The van der Waals surface area contributed by atoms with Gasteiger partial charge in [-0.25, -0.2) is 0 Å². The monoisotopic (exact) mass is 1180 g/mol. The number of benzene rings is 1. The molecule has 12 atom stereocenters. The van der Waals surface area contributed by atoms with E-state index in [0.29, 0.717) is 37.7 Å². The molecule has 0 radical (unpaired) electrons. The molecule has 11 amide bonds. The summed E-state index contributed by atoms with van der Waals surface area (Å²) in [5.41, 5.74) is 0.444. The van der Waals surface area contributed by atoms with Crippen molar-refractivity contribution in [1.29, 1.82) is 0 Å². The number of aromatic hydroxyl groups is 1. The maximum Gasteiger partial charge on any atom is 0.248 e. The van der Waals surface area contributed by atoms with Crippen molar-refractivity contribution < 1.29 is 73.2 Å². The van der Waals surface area contributed by atoms with Crippen molar-refractivity contribution in [3.8, 4) is 5.75 Å². The molecule has 1 aromatic rings. The summed E-state index contributed by atoms with van der Waals surface area (Å²) in [6, 6.07) is -7.64. The van der Waals surface area contributed by atoms with Gasteiger partial charge in [0.2, 0.25) is 65.0 Å². The van der Waals surface area contributed by atoms with Crippen LogP contribution in [0.5, 0.6) is 5.75 Å². The number of hydrogen-bond donors (Lipinski definition) is 13. The number of hydrogen-bond acceptors (Lipinski definition) is 15. The Balaban J connectivity index is 1.74. The predicted octanol–water partition coefficient (Wildman–Crippen LogP) is -1.21. The molecule has 4 rings (SSSR count). The highest BCUT2D eigenvalue weighted by molar-refractivity contribution is 5.99. The van der Waals surface area contributed by atoms with Gasteiger partial charge in [0.1, 0.15) is 60.1 Å². The van der Waals surface area contributed by atoms with Gasteiger partial charge < -0.3 is 78.1 Å². The van der Waals surface area contributed by atoms with Crippen molar-refractivity contribution in [3.63, 3.8) is 0 Å². The summed E-state index contributed by atoms with van der Waals surface area (Å²) in [6.45, 7) is 9.49. The number of carbonyl (C=O) groups excluding carboxylic acids is 11. The topological polar surface area (TPSA) is 383 Å². The van der Waals surface area contributed by atoms with E-state index in [9.17, 15) is 73.2 Å². The third-order valence-electron chi connectivity index (χ3n) is 15.9. The molecule has 0 saturated carbocycles. The van der Waals surface area contributed by atoms with E-state index >= 15 is 0 Å². The first kappa shape index (κ1) is 69.6. The third kappa shape index (κ3) is 20.7. The average Bonchev–Trinajstić information content (AvgIpc) is 3.87. The van der Waals surface area contributed by atoms with Crippen LogP contribution in [0.1, 0.15) is 144 Å². The Labute approximate surface area is 492 Å². The first-order valence-corrected chi connectivity index (χ1v) is 29.9. The van der Waals surface area contributed by atoms with Gasteiger partial charge >= 0.3 is 0 Å². The van der Waals surface area contributed by atoms with Crippen LogP contribution in [0.2, 0.25) is 0 Å². The molecule has 84 heavy (non-hydrogen) atoms. The molecule has 26 heteroatoms. The van der Waals surface area contributed by atoms with Crippen LogP contribution in [-0.2, 0) is 59.2 Å². The zero-order chi connectivity index (χ0) is 62.2. The van der Waals surface area contributed by atoms with Crippen LogP contribution in [0.3, 0.4) is 0 Å². The van der Waals surface area contributed by atoms with Crippen molar-refractivity contribution in [1.82, 2.24) is 57.7 Å². The molecule has 13 N–H and O–H groups in total. The van der Waals surface area contributed by atoms with Gasteiger partial charge in [-0.2, -0.15) is 0 Å². The van der Waals surface area contributed by atoms with Gasteiger partial charge in [-0.1, -0.05) is 106 Å². The Morgan fingerprint density at radius 2 is 1.01 bits per heavy atom. The van der Waals surface area contributed by atoms with Crippen LogP contribution < -0.4 is 47.9 Å². The van der Waals surface area contributed by atoms with Crippen molar-refractivity contribution in [3.05, 3.63) is 29.8 Å². The van der Waals surface area contributed by atoms with Crippen LogP contribution in [0.4, 0.5) is 0 Å². The van der Waals surface area contributed by atoms with E-state index in [2.05, 4.69) is 54.8 Å². The Bertz CT molecular complexity index is 2410. The van der Waals surface area contributed by atoms with E-state index < -0.39 is 164 Å². The van der Waals surface area contributed by atoms with Gasteiger partial charge in [-0.3, -0.25) is 52.7 Å². The maximum atomic E-state index is 14.6. The maximum absolute atomic E-state index is 14.6. The zero-order valence-corrected chi connectivity index (χ0v) is 49.8. The number of amides is 11. The second kappa shape index (κ2) is 34.7. The van der Waals surface area contributed by atoms with Crippen molar-refractivity contribution >= 4 is 65.0 Å². The molecule has 0 unspecified atom stereocenters. The average molecular weight is 1180 g/mol. The first-order chi connectivity index (χ1) is 40.0. The van der Waals surface area contributed by atoms with Crippen LogP contribution >= 0.6 is 0 Å². The molecule has 0 spiro atoms. The largest absolute Gasteiger partial charge is 0.508 e. The zero-order valence-electron chi connectivity index (χ0n) is 49.8. The molecule has 3 fully saturated rings. The molecular formula is C58H93N11O15. The second-order valence-electron chi connectivity index (χ2n) is 22.9. The lowest BCUT2D eigenvalue weighted by atomic mass is 9.93. The molecule has 3 heterocycles. The number of phenolic OH excluding ortho intramolecular Hbond substituents is 1. The van der Waals surface area contributed by atoms with Crippen LogP contribution in [0.15, 0.2) is 24.3 Å². The van der Waals surface area contributed by atoms with E-state index in [-0.39, 0.29) is 63.3 Å². The quantitative estimate of drug-likeness (QED) is 0.0815. The number of rotatable bonds is 17. The van der Waals surface area contributed by atoms with Crippen molar-refractivity contribution in [2.45, 2.75) is 205 Å². The summed E-state index contributed by atoms with van der Waals surface area (Å²) in [4.78, 5) is 157. The summed E-state index contributed by atoms with van der Waals surface area (Å²) in [6.07, 6.45) is 5.83. The Kier molecular flexibility index (Phi) is 28.8. The standard InChI is InChI=1S/C58H93N11O15/c1-8-11-12-13-14-17-37-28-46(74)61-41(30-70)52(78)65-43(32-72)57(83)68-24-16-19-45(68)55(81)64-42(31-71)53(79)63-40(27-36-20-22-38(73)23-21-36)50(76)62-39(26-33(4)5)51(77)66-48(34(6)9-2)56(82)67-49(35(7)10-3)58(84)69-25-15-18-44(69)54(80)59-29-47(75)60-37/h20-23,33-35,37,39-45,48-49,70-73H,8-19,24-32H2,1-7H3,(H,59,80)(H,60,75)(H,61,74)(H,62,76)(H,63,79)(H,64,81)(H,65,78)(H,66,77)(H,67,82)/t34-,35-,37+,39+,40+,41-,42-,43-,44-,45-,48-,49-/m0/s1. The number of carbonyl (C=O) groups is 11. The van der Waals surface area contributed by atoms with Gasteiger partial charge in [0.05, 0.1) is 26.4 Å². The highest BCUT2D eigenvalue weighted by atomic mass is 16.3. The minimum Gasteiger partial charge on any atom is -0.508 e. The number of nitrogens with zero attached hydrogens (tertiary/aromatic N) is 2. The van der Waals surface area contributed by atoms with Gasteiger partial charge in [0.25, 0.3) is 0 Å². The predicted molar refractivity (Wildman–Crippen MR) is 307 cm³/mol. The lowest BCUT2D eigenvalue weighted by molar-refractivity contribution is -0.143. The van der Waals surface area contributed by atoms with E-state index in [1.54, 1.807) is 27.7 Å². The molecular weight excluding hydrogens is 1090 g/mol. The molecule has 1 aromatic carbocycles. The number of aliphatic hydroxyl groups excluding tert-OH is 3. The third-order valence-corrected chi connectivity index (χ3v) is 15.9. The second-order valence-corrected chi connectivity index (χ2v) is 22.9. The fourth-order valence-electron chi connectivity index (χ4n) is 10.6. The minimum atomic E-state index is -1.71. The minimum absolute atomic E-state index is 0.0330. The summed E-state index contributed by atoms with van der Waals surface area (Å²) in [7, 11) is 0. The van der Waals surface area contributed by atoms with Crippen molar-refractivity contribution in [2.75, 3.05) is 39.5 Å². The van der Waals surface area contributed by atoms with Gasteiger partial charge in [-0.05, 0) is 74.0 Å². The molecule has 3 aliphatic rings. The molecule has 0 aromatic heterocycles. The number of phenols is 1. The van der Waals surface area contributed by atoms with Crippen LogP contribution in [0, 0.1) is 17.8 Å². The number of fused-ring (bicyclic) bond motifs is 2. The summed E-state index contributed by atoms with van der Waals surface area (Å²) in [5.74, 6) is -10.2. The molecule has 470 valence electrons. The number of nitrogens with one attached hydrogen (secondary N) is 9. The molecule has 3 saturated heterocycles. The SMILES string of the molecule is CCCCCCC[C@@H]1CC(=O)N[C@@H](CO)C(=O)N[C@@H](CO)C(=O)N2CCC[C@H]2C(=O)N[C@@H](CO)C(=O)N[C@H](Cc2ccc(O)cc2)C(=O)N[C@H](CC(C)C)C(=O)N[C@@H]([C@@H](C)CC)C(=O)N[C@@H]([C@@H](C)CC)C(=O)N2CCC[C@H]2C(=O)NCC(=O)N1. The van der Waals surface area contributed by atoms with Gasteiger partial charge in [0.15, 0.2) is 0 Å². The van der Waals surface area contributed by atoms with E-state index in [0.717, 1.165) is 30.6 Å².